The summed E-state index contributed by atoms with van der Waals surface area (Å²) in [7, 11) is 0. The molecule has 1 saturated heterocycles. The van der Waals surface area contributed by atoms with Crippen molar-refractivity contribution in [1.29, 1.82) is 0 Å². The van der Waals surface area contributed by atoms with Gasteiger partial charge in [-0.25, -0.2) is 0 Å². The molecule has 0 bridgehead atoms. The van der Waals surface area contributed by atoms with Gasteiger partial charge in [0.05, 0.1) is 0 Å². The van der Waals surface area contributed by atoms with Gasteiger partial charge in [0, 0.05) is 116 Å². The van der Waals surface area contributed by atoms with Crippen LogP contribution in [-0.4, -0.2) is 76.0 Å². The largest absolute Gasteiger partial charge is 0.366 e. The number of anilines is 3. The molecule has 6 aliphatic heterocycles. The van der Waals surface area contributed by atoms with Crippen LogP contribution in [0.3, 0.4) is 0 Å². The van der Waals surface area contributed by atoms with E-state index in [0.717, 1.165) is 83.0 Å². The zero-order chi connectivity index (χ0) is 86.7. The lowest BCUT2D eigenvalue weighted by Crippen LogP contribution is -2.62. The fraction of sp³-hybridized carbons (Fsp3) is 0.504. The molecule has 4 aromatic carbocycles. The first-order chi connectivity index (χ1) is 60.5. The summed E-state index contributed by atoms with van der Waals surface area (Å²) in [5.74, 6) is 5.45. The highest BCUT2D eigenvalue weighted by Gasteiger charge is 2.61. The van der Waals surface area contributed by atoms with Crippen molar-refractivity contribution in [3.8, 4) is 0 Å². The summed E-state index contributed by atoms with van der Waals surface area (Å²) in [5.41, 5.74) is 41.6. The van der Waals surface area contributed by atoms with Crippen molar-refractivity contribution in [2.75, 3.05) is 9.80 Å². The van der Waals surface area contributed by atoms with Gasteiger partial charge in [-0.3, -0.25) is 0 Å². The number of nitrogens with zero attached hydrogens (tertiary/aromatic N) is 6. The number of fused-ring (bicyclic) bond motifs is 9. The molecule has 2 fully saturated rings. The molecule has 22 rings (SSSR count). The predicted molar refractivity (Wildman–Crippen MR) is 535 cm³/mol. The number of aryl methyl sites for hydroxylation is 3. The highest BCUT2D eigenvalue weighted by molar-refractivity contribution is 6.84. The van der Waals surface area contributed by atoms with Gasteiger partial charge in [0.25, 0.3) is 0 Å². The molecule has 6 heterocycles. The van der Waals surface area contributed by atoms with Crippen LogP contribution < -0.4 is 15.3 Å². The van der Waals surface area contributed by atoms with Gasteiger partial charge in [0.2, 0.25) is 20.1 Å². The first-order valence-corrected chi connectivity index (χ1v) is 50.6. The molecular weight excluding hydrogens is 1520 g/mol. The second-order valence-electron chi connectivity index (χ2n) is 47.2. The monoisotopic (exact) mass is 1670 g/mol. The minimum Gasteiger partial charge on any atom is -0.366 e. The maximum Gasteiger partial charge on any atom is 0.221 e. The molecule has 650 valence electrons. The third-order valence-electron chi connectivity index (χ3n) is 35.5. The average molecular weight is 1670 g/mol. The third kappa shape index (κ3) is 14.1. The summed E-state index contributed by atoms with van der Waals surface area (Å²) in [6, 6.07) is 37.4. The number of benzene rings is 4. The second-order valence-corrected chi connectivity index (χ2v) is 47.2. The van der Waals surface area contributed by atoms with Crippen LogP contribution in [0.4, 0.5) is 17.1 Å². The number of rotatable bonds is 9. The molecule has 1 saturated carbocycles. The van der Waals surface area contributed by atoms with Gasteiger partial charge in [0.15, 0.2) is 0 Å². The van der Waals surface area contributed by atoms with Crippen molar-refractivity contribution in [3.63, 3.8) is 0 Å². The van der Waals surface area contributed by atoms with E-state index in [1.54, 1.807) is 67.2 Å². The van der Waals surface area contributed by atoms with E-state index in [9.17, 15) is 0 Å². The van der Waals surface area contributed by atoms with Crippen molar-refractivity contribution >= 4 is 48.2 Å². The highest BCUT2D eigenvalue weighted by Crippen LogP contribution is 2.64. The van der Waals surface area contributed by atoms with Crippen LogP contribution in [0.1, 0.15) is 277 Å². The Morgan fingerprint density at radius 3 is 1.93 bits per heavy atom. The van der Waals surface area contributed by atoms with Crippen LogP contribution in [0.25, 0.3) is 5.57 Å². The van der Waals surface area contributed by atoms with Gasteiger partial charge < -0.3 is 29.4 Å². The molecule has 0 amide bonds. The first-order valence-electron chi connectivity index (χ1n) is 50.6. The molecule has 4 aromatic rings. The first kappa shape index (κ1) is 83.1. The van der Waals surface area contributed by atoms with Gasteiger partial charge in [-0.15, -0.1) is 0 Å². The van der Waals surface area contributed by atoms with Crippen molar-refractivity contribution in [1.82, 2.24) is 19.6 Å². The molecule has 0 aromatic heterocycles. The Morgan fingerprint density at radius 1 is 0.468 bits per heavy atom. The summed E-state index contributed by atoms with van der Waals surface area (Å²) in [6.07, 6.45) is 68.9. The standard InChI is InChI=1S/C117H143B3N6/c1-70-19-37-88(38-20-70)121-100-49-31-76(7)55-94(100)118-97-61-79(34-52-103(97)124(91-43-25-73(4)26-44-91)109-67-85(115(10,11)12)64-106(121)112(109)118)82-58-83(80-35-53-104-98(62-80)119-95-56-77(8)32-50-101(95)122(89-39-21-71(2)22-40-89)107-65-86(116(13,14)15)68-110(113(107)119)125(104)92-45-27-74(5)28-46-92)60-84(59-82)81-36-54-105-99(63-81)120-96-57-78(9)33-51-102(96)123(90-41-23-72(3)24-42-90)108-66-87(117(16,17)18)69-111(114(108)120)126(105)93-47-29-75(6)30-48-93/h19-23,25,31-34,36-41,43-45,49-52,54-55,58-60,63-64,68,73-75,77-80,85,87,93,95,99,101,105,107-109,112H,24,26-30,35,42,46-48,53,56-57,61-62,65-67,69H2,1-18H3. The van der Waals surface area contributed by atoms with Gasteiger partial charge in [0.1, 0.15) is 0 Å². The van der Waals surface area contributed by atoms with Gasteiger partial charge in [-0.05, 0) is 325 Å². The van der Waals surface area contributed by atoms with Crippen LogP contribution in [-0.2, 0) is 0 Å². The lowest BCUT2D eigenvalue weighted by Gasteiger charge is -2.60. The molecule has 18 aliphatic rings. The van der Waals surface area contributed by atoms with Crippen LogP contribution in [0, 0.1) is 78.4 Å². The molecule has 0 radical (unpaired) electrons. The summed E-state index contributed by atoms with van der Waals surface area (Å²) in [6.45, 7) is 45.5. The second kappa shape index (κ2) is 31.4. The number of hydrogen-bond acceptors (Lipinski definition) is 6. The van der Waals surface area contributed by atoms with Crippen molar-refractivity contribution in [3.05, 3.63) is 311 Å². The molecule has 12 aliphatic carbocycles. The van der Waals surface area contributed by atoms with E-state index in [1.165, 1.54) is 130 Å². The molecular formula is C117H143B3N6. The number of hydrogen-bond donors (Lipinski definition) is 0. The molecule has 0 N–H and O–H groups in total. The fourth-order valence-electron chi connectivity index (χ4n) is 28.4. The topological polar surface area (TPSA) is 19.4 Å². The normalized spacial score (nSPS) is 32.7. The molecule has 16 atom stereocenters. The van der Waals surface area contributed by atoms with Crippen molar-refractivity contribution in [2.45, 2.75) is 319 Å². The Labute approximate surface area is 760 Å². The summed E-state index contributed by atoms with van der Waals surface area (Å²) in [4.78, 5) is 17.9. The lowest BCUT2D eigenvalue weighted by atomic mass is 9.24. The van der Waals surface area contributed by atoms with E-state index in [1.807, 2.05) is 5.47 Å². The third-order valence-corrected chi connectivity index (χ3v) is 35.5. The Bertz CT molecular complexity index is 5690. The minimum atomic E-state index is 0.0229. The van der Waals surface area contributed by atoms with Gasteiger partial charge in [-0.2, -0.15) is 0 Å². The molecule has 6 nitrogen and oxygen atoms in total. The smallest absolute Gasteiger partial charge is 0.221 e. The Morgan fingerprint density at radius 2 is 1.21 bits per heavy atom. The van der Waals surface area contributed by atoms with Crippen LogP contribution in [0.15, 0.2) is 278 Å². The van der Waals surface area contributed by atoms with Crippen molar-refractivity contribution in [2.24, 2.45) is 57.7 Å². The Hall–Kier alpha value is -8.55. The zero-order valence-electron chi connectivity index (χ0n) is 79.8. The van der Waals surface area contributed by atoms with E-state index in [2.05, 4.69) is 342 Å². The molecule has 9 heteroatoms. The van der Waals surface area contributed by atoms with E-state index in [4.69, 9.17) is 0 Å². The van der Waals surface area contributed by atoms with Crippen molar-refractivity contribution < 1.29 is 0 Å². The zero-order valence-corrected chi connectivity index (χ0v) is 79.8. The summed E-state index contributed by atoms with van der Waals surface area (Å²) in [5, 5.41) is 0. The maximum absolute atomic E-state index is 3.20. The molecule has 0 spiro atoms. The van der Waals surface area contributed by atoms with Crippen LogP contribution in [0.5, 0.6) is 0 Å². The maximum atomic E-state index is 3.20. The van der Waals surface area contributed by atoms with E-state index < -0.39 is 0 Å². The number of allylic oxidation sites excluding steroid dienone is 23. The van der Waals surface area contributed by atoms with Gasteiger partial charge in [-0.1, -0.05) is 274 Å². The Balaban J connectivity index is 0.738. The Kier molecular flexibility index (Phi) is 20.7. The molecule has 16 unspecified atom stereocenters. The lowest BCUT2D eigenvalue weighted by molar-refractivity contribution is 0.0999. The highest BCUT2D eigenvalue weighted by atomic mass is 15.3. The molecule has 126 heavy (non-hydrogen) atoms. The predicted octanol–water partition coefficient (Wildman–Crippen LogP) is 28.5. The SMILES string of the molecule is CC1=CC=C(N2C3=C(CC(C)C=C3)B3C4=C(CC(C(C)(C)C)CC42)N(C2CCC(C)CC2)C2C=CC(c4cc(C5C=CC6=C(C5)B5c7cc(C)ccc7N(c7ccc(C)cc7)C7=CC(C(C)(C)C)CC(C57)N6C5=CCC(C)C=C5)cc(C5CCC6=C(C5)B5C7=C(C=C(C(C)(C)C)CC7N(c7ccc(C)cc7)C7C=CC(C)CC57)N6C5=CCC(C)CC5)c4)=CC32)CC1. The van der Waals surface area contributed by atoms with E-state index in [0.29, 0.717) is 90.7 Å². The van der Waals surface area contributed by atoms with E-state index in [-0.39, 0.29) is 46.8 Å². The fourth-order valence-corrected chi connectivity index (χ4v) is 28.4. The van der Waals surface area contributed by atoms with Crippen LogP contribution >= 0.6 is 0 Å². The van der Waals surface area contributed by atoms with Crippen LogP contribution in [0.2, 0.25) is 17.5 Å². The van der Waals surface area contributed by atoms with Gasteiger partial charge >= 0.3 is 0 Å². The summed E-state index contributed by atoms with van der Waals surface area (Å²) < 4.78 is 0. The minimum absolute atomic E-state index is 0.0229. The average Bonchev–Trinajstić information content (AvgIpc) is 0.702. The van der Waals surface area contributed by atoms with E-state index >= 15 is 0 Å². The summed E-state index contributed by atoms with van der Waals surface area (Å²) >= 11 is 0. The quantitative estimate of drug-likeness (QED) is 0.122.